The highest BCUT2D eigenvalue weighted by atomic mass is 32.2. The largest absolute Gasteiger partial charge is 0.388 e. The summed E-state index contributed by atoms with van der Waals surface area (Å²) < 4.78 is 27.8. The molecule has 7 heteroatoms. The third-order valence-corrected chi connectivity index (χ3v) is 4.83. The normalized spacial score (nSPS) is 11.8. The van der Waals surface area contributed by atoms with Crippen LogP contribution >= 0.6 is 0 Å². The number of rotatable bonds is 5. The van der Waals surface area contributed by atoms with Crippen molar-refractivity contribution in [3.05, 3.63) is 42.2 Å². The molecule has 0 spiro atoms. The Kier molecular flexibility index (Phi) is 4.10. The van der Waals surface area contributed by atoms with Crippen LogP contribution in [0.4, 0.5) is 5.69 Å². The van der Waals surface area contributed by atoms with Gasteiger partial charge < -0.3 is 5.32 Å². The summed E-state index contributed by atoms with van der Waals surface area (Å²) in [7, 11) is 1.67. The Morgan fingerprint density at radius 3 is 2.45 bits per heavy atom. The van der Waals surface area contributed by atoms with Gasteiger partial charge in [-0.3, -0.25) is 4.68 Å². The Morgan fingerprint density at radius 2 is 1.95 bits per heavy atom. The van der Waals surface area contributed by atoms with Gasteiger partial charge in [-0.15, -0.1) is 0 Å². The molecule has 1 aromatic heterocycles. The molecule has 0 amide bonds. The zero-order chi connectivity index (χ0) is 14.8. The van der Waals surface area contributed by atoms with E-state index in [2.05, 4.69) is 10.4 Å². The lowest BCUT2D eigenvalue weighted by molar-refractivity contribution is 0.466. The quantitative estimate of drug-likeness (QED) is 0.902. The average molecular weight is 294 g/mol. The van der Waals surface area contributed by atoms with Gasteiger partial charge in [0, 0.05) is 45.1 Å². The molecule has 0 aliphatic carbocycles. The number of aromatic nitrogens is 2. The Bertz CT molecular complexity index is 677. The molecular weight excluding hydrogens is 276 g/mol. The van der Waals surface area contributed by atoms with Gasteiger partial charge in [0.1, 0.15) is 0 Å². The molecule has 20 heavy (non-hydrogen) atoms. The average Bonchev–Trinajstić information content (AvgIpc) is 2.84. The second kappa shape index (κ2) is 5.64. The number of hydrogen-bond donors (Lipinski definition) is 1. The maximum Gasteiger partial charge on any atom is 0.243 e. The maximum atomic E-state index is 12.4. The van der Waals surface area contributed by atoms with Gasteiger partial charge in [-0.25, -0.2) is 8.42 Å². The molecule has 0 unspecified atom stereocenters. The number of nitrogens with zero attached hydrogens (tertiary/aromatic N) is 3. The number of benzene rings is 1. The van der Waals surface area contributed by atoms with Crippen molar-refractivity contribution in [1.82, 2.24) is 14.1 Å². The van der Waals surface area contributed by atoms with E-state index in [1.54, 1.807) is 62.5 Å². The van der Waals surface area contributed by atoms with Gasteiger partial charge in [-0.2, -0.15) is 9.40 Å². The first-order valence-corrected chi connectivity index (χ1v) is 7.59. The molecule has 0 fully saturated rings. The molecular formula is C13H18N4O2S. The van der Waals surface area contributed by atoms with Crippen molar-refractivity contribution in [2.24, 2.45) is 7.05 Å². The molecule has 2 rings (SSSR count). The summed E-state index contributed by atoms with van der Waals surface area (Å²) in [5.41, 5.74) is 1.73. The Hall–Kier alpha value is -1.86. The van der Waals surface area contributed by atoms with Gasteiger partial charge in [0.2, 0.25) is 10.0 Å². The summed E-state index contributed by atoms with van der Waals surface area (Å²) in [4.78, 5) is 0.280. The fourth-order valence-electron chi connectivity index (χ4n) is 1.87. The van der Waals surface area contributed by atoms with Crippen LogP contribution in [0.3, 0.4) is 0 Å². The second-order valence-corrected chi connectivity index (χ2v) is 6.60. The standard InChI is InChI=1S/C13H18N4O2S/c1-14-12-4-6-13(7-5-12)20(18,19)17(3)10-11-8-15-16(2)9-11/h4-9,14H,10H2,1-3H3. The summed E-state index contributed by atoms with van der Waals surface area (Å²) >= 11 is 0. The smallest absolute Gasteiger partial charge is 0.243 e. The molecule has 1 aromatic carbocycles. The summed E-state index contributed by atoms with van der Waals surface area (Å²) in [5.74, 6) is 0. The molecule has 0 bridgehead atoms. The van der Waals surface area contributed by atoms with Crippen LogP contribution in [-0.4, -0.2) is 36.6 Å². The lowest BCUT2D eigenvalue weighted by atomic mass is 10.3. The zero-order valence-corrected chi connectivity index (χ0v) is 12.6. The van der Waals surface area contributed by atoms with E-state index in [0.717, 1.165) is 11.3 Å². The van der Waals surface area contributed by atoms with E-state index >= 15 is 0 Å². The third kappa shape index (κ3) is 3.00. The first-order chi connectivity index (χ1) is 9.43. The van der Waals surface area contributed by atoms with Gasteiger partial charge in [0.25, 0.3) is 0 Å². The van der Waals surface area contributed by atoms with Crippen molar-refractivity contribution in [1.29, 1.82) is 0 Å². The van der Waals surface area contributed by atoms with Crippen molar-refractivity contribution in [3.8, 4) is 0 Å². The molecule has 0 saturated heterocycles. The van der Waals surface area contributed by atoms with Crippen molar-refractivity contribution in [3.63, 3.8) is 0 Å². The predicted octanol–water partition coefficient (Wildman–Crippen LogP) is 1.28. The second-order valence-electron chi connectivity index (χ2n) is 4.56. The number of anilines is 1. The molecule has 0 aliphatic rings. The molecule has 108 valence electrons. The molecule has 6 nitrogen and oxygen atoms in total. The lowest BCUT2D eigenvalue weighted by Gasteiger charge is -2.16. The van der Waals surface area contributed by atoms with E-state index in [4.69, 9.17) is 0 Å². The fraction of sp³-hybridized carbons (Fsp3) is 0.308. The summed E-state index contributed by atoms with van der Waals surface area (Å²) in [6, 6.07) is 6.68. The van der Waals surface area contributed by atoms with E-state index in [1.807, 2.05) is 0 Å². The SMILES string of the molecule is CNc1ccc(S(=O)(=O)N(C)Cc2cnn(C)c2)cc1. The summed E-state index contributed by atoms with van der Waals surface area (Å²) in [5, 5.41) is 6.99. The van der Waals surface area contributed by atoms with Crippen LogP contribution in [0.5, 0.6) is 0 Å². The topological polar surface area (TPSA) is 67.2 Å². The molecule has 0 aliphatic heterocycles. The highest BCUT2D eigenvalue weighted by molar-refractivity contribution is 7.89. The van der Waals surface area contributed by atoms with Crippen LogP contribution in [0.2, 0.25) is 0 Å². The molecule has 0 radical (unpaired) electrons. The van der Waals surface area contributed by atoms with Crippen LogP contribution in [0.1, 0.15) is 5.56 Å². The van der Waals surface area contributed by atoms with Crippen molar-refractivity contribution in [2.45, 2.75) is 11.4 Å². The number of nitrogens with one attached hydrogen (secondary N) is 1. The van der Waals surface area contributed by atoms with Crippen LogP contribution in [0.15, 0.2) is 41.6 Å². The van der Waals surface area contributed by atoms with Crippen molar-refractivity contribution in [2.75, 3.05) is 19.4 Å². The van der Waals surface area contributed by atoms with Crippen LogP contribution in [-0.2, 0) is 23.6 Å². The van der Waals surface area contributed by atoms with Crippen LogP contribution in [0.25, 0.3) is 0 Å². The number of aryl methyl sites for hydroxylation is 1. The molecule has 2 aromatic rings. The minimum absolute atomic E-state index is 0.280. The highest BCUT2D eigenvalue weighted by Gasteiger charge is 2.21. The lowest BCUT2D eigenvalue weighted by Crippen LogP contribution is -2.26. The summed E-state index contributed by atoms with van der Waals surface area (Å²) in [6.07, 6.45) is 3.46. The zero-order valence-electron chi connectivity index (χ0n) is 11.7. The minimum atomic E-state index is -3.48. The van der Waals surface area contributed by atoms with Crippen LogP contribution in [0, 0.1) is 0 Å². The Labute approximate surface area is 119 Å². The maximum absolute atomic E-state index is 12.4. The monoisotopic (exact) mass is 294 g/mol. The Morgan fingerprint density at radius 1 is 1.30 bits per heavy atom. The van der Waals surface area contributed by atoms with Gasteiger partial charge in [-0.1, -0.05) is 0 Å². The van der Waals surface area contributed by atoms with E-state index in [9.17, 15) is 8.42 Å². The number of sulfonamides is 1. The van der Waals surface area contributed by atoms with Gasteiger partial charge in [0.15, 0.2) is 0 Å². The third-order valence-electron chi connectivity index (χ3n) is 3.01. The molecule has 0 atom stereocenters. The first kappa shape index (κ1) is 14.5. The summed E-state index contributed by atoms with van der Waals surface area (Å²) in [6.45, 7) is 0.296. The van der Waals surface area contributed by atoms with E-state index in [-0.39, 0.29) is 4.90 Å². The molecule has 0 saturated carbocycles. The van der Waals surface area contributed by atoms with Gasteiger partial charge in [-0.05, 0) is 24.3 Å². The fourth-order valence-corrected chi connectivity index (χ4v) is 3.03. The predicted molar refractivity (Wildman–Crippen MR) is 77.8 cm³/mol. The number of hydrogen-bond acceptors (Lipinski definition) is 4. The van der Waals surface area contributed by atoms with E-state index in [1.165, 1.54) is 4.31 Å². The van der Waals surface area contributed by atoms with Gasteiger partial charge >= 0.3 is 0 Å². The van der Waals surface area contributed by atoms with E-state index in [0.29, 0.717) is 6.54 Å². The minimum Gasteiger partial charge on any atom is -0.388 e. The van der Waals surface area contributed by atoms with Gasteiger partial charge in [0.05, 0.1) is 11.1 Å². The molecule has 1 heterocycles. The first-order valence-electron chi connectivity index (χ1n) is 6.15. The van der Waals surface area contributed by atoms with Crippen molar-refractivity contribution >= 4 is 15.7 Å². The van der Waals surface area contributed by atoms with Crippen molar-refractivity contribution < 1.29 is 8.42 Å². The van der Waals surface area contributed by atoms with Crippen LogP contribution < -0.4 is 5.32 Å². The molecule has 1 N–H and O–H groups in total. The van der Waals surface area contributed by atoms with E-state index < -0.39 is 10.0 Å². The highest BCUT2D eigenvalue weighted by Crippen LogP contribution is 2.18. The Balaban J connectivity index is 2.19.